The molecule has 1 saturated heterocycles. The first-order chi connectivity index (χ1) is 9.37. The fraction of sp³-hybridized carbons (Fsp3) is 0.417. The molecule has 1 unspecified atom stereocenters. The van der Waals surface area contributed by atoms with Gasteiger partial charge in [-0.3, -0.25) is 0 Å². The molecule has 0 amide bonds. The molecule has 0 saturated carbocycles. The van der Waals surface area contributed by atoms with Crippen molar-refractivity contribution in [1.82, 2.24) is 4.31 Å². The van der Waals surface area contributed by atoms with Crippen LogP contribution in [0.4, 0.5) is 5.69 Å². The summed E-state index contributed by atoms with van der Waals surface area (Å²) in [5, 5.41) is 18.3. The van der Waals surface area contributed by atoms with Crippen molar-refractivity contribution in [2.45, 2.75) is 23.8 Å². The van der Waals surface area contributed by atoms with Gasteiger partial charge in [0.25, 0.3) is 0 Å². The van der Waals surface area contributed by atoms with Gasteiger partial charge >= 0.3 is 5.97 Å². The van der Waals surface area contributed by atoms with Crippen LogP contribution in [-0.4, -0.2) is 48.1 Å². The van der Waals surface area contributed by atoms with Crippen molar-refractivity contribution in [1.29, 1.82) is 0 Å². The largest absolute Gasteiger partial charge is 0.478 e. The molecule has 0 aromatic heterocycles. The predicted molar refractivity (Wildman–Crippen MR) is 71.8 cm³/mol. The Hall–Kier alpha value is -1.64. The third-order valence-corrected chi connectivity index (χ3v) is 5.35. The molecular formula is C12H16N2O5S. The molecule has 4 N–H and O–H groups in total. The molecule has 1 aromatic carbocycles. The second-order valence-electron chi connectivity index (χ2n) is 4.66. The van der Waals surface area contributed by atoms with Crippen molar-refractivity contribution in [2.24, 2.45) is 0 Å². The summed E-state index contributed by atoms with van der Waals surface area (Å²) in [5.41, 5.74) is 5.42. The summed E-state index contributed by atoms with van der Waals surface area (Å²) in [4.78, 5) is 10.8. The summed E-state index contributed by atoms with van der Waals surface area (Å²) in [7, 11) is -3.99. The number of carboxylic acid groups (broad SMARTS) is 1. The molecule has 0 spiro atoms. The van der Waals surface area contributed by atoms with Crippen LogP contribution in [0.15, 0.2) is 23.1 Å². The Balaban J connectivity index is 2.54. The standard InChI is InChI=1S/C12H16N2O5S/c13-8-3-4-10(12(16)17)11(6-8)20(18,19)14-5-1-2-9(14)7-15/h3-4,6,9,15H,1-2,5,7,13H2,(H,16,17). The number of hydrogen-bond donors (Lipinski definition) is 3. The number of carbonyl (C=O) groups is 1. The van der Waals surface area contributed by atoms with Gasteiger partial charge in [0.15, 0.2) is 0 Å². The Labute approximate surface area is 116 Å². The van der Waals surface area contributed by atoms with Crippen molar-refractivity contribution >= 4 is 21.7 Å². The van der Waals surface area contributed by atoms with Gasteiger partial charge in [0.05, 0.1) is 17.1 Å². The number of aliphatic hydroxyl groups excluding tert-OH is 1. The van der Waals surface area contributed by atoms with Crippen molar-refractivity contribution in [3.8, 4) is 0 Å². The van der Waals surface area contributed by atoms with Gasteiger partial charge in [0.2, 0.25) is 10.0 Å². The maximum atomic E-state index is 12.6. The number of aromatic carboxylic acids is 1. The summed E-state index contributed by atoms with van der Waals surface area (Å²) in [6.07, 6.45) is 1.19. The molecule has 2 rings (SSSR count). The average molecular weight is 300 g/mol. The van der Waals surface area contributed by atoms with E-state index in [2.05, 4.69) is 0 Å². The van der Waals surface area contributed by atoms with Crippen LogP contribution in [0.5, 0.6) is 0 Å². The molecule has 1 aliphatic rings. The summed E-state index contributed by atoms with van der Waals surface area (Å²) < 4.78 is 26.3. The van der Waals surface area contributed by atoms with Crippen LogP contribution in [0.3, 0.4) is 0 Å². The fourth-order valence-electron chi connectivity index (χ4n) is 2.36. The SMILES string of the molecule is Nc1ccc(C(=O)O)c(S(=O)(=O)N2CCCC2CO)c1. The first-order valence-corrected chi connectivity index (χ1v) is 7.57. The quantitative estimate of drug-likeness (QED) is 0.679. The number of carboxylic acids is 1. The Morgan fingerprint density at radius 1 is 1.45 bits per heavy atom. The number of nitrogens with zero attached hydrogens (tertiary/aromatic N) is 1. The molecule has 1 heterocycles. The molecule has 1 atom stereocenters. The van der Waals surface area contributed by atoms with Gasteiger partial charge in [-0.15, -0.1) is 0 Å². The van der Waals surface area contributed by atoms with Gasteiger partial charge in [-0.05, 0) is 31.0 Å². The minimum atomic E-state index is -3.99. The number of sulfonamides is 1. The molecule has 0 aliphatic carbocycles. The topological polar surface area (TPSA) is 121 Å². The third kappa shape index (κ3) is 2.49. The lowest BCUT2D eigenvalue weighted by atomic mass is 10.2. The Morgan fingerprint density at radius 2 is 2.15 bits per heavy atom. The molecule has 1 fully saturated rings. The van der Waals surface area contributed by atoms with Gasteiger partial charge in [-0.1, -0.05) is 0 Å². The average Bonchev–Trinajstić information content (AvgIpc) is 2.87. The molecule has 8 heteroatoms. The lowest BCUT2D eigenvalue weighted by Crippen LogP contribution is -2.38. The molecular weight excluding hydrogens is 284 g/mol. The molecule has 0 bridgehead atoms. The van der Waals surface area contributed by atoms with Crippen LogP contribution in [0.25, 0.3) is 0 Å². The number of nitrogen functional groups attached to an aromatic ring is 1. The van der Waals surface area contributed by atoms with E-state index < -0.39 is 22.0 Å². The van der Waals surface area contributed by atoms with Crippen molar-refractivity contribution in [3.63, 3.8) is 0 Å². The van der Waals surface area contributed by atoms with E-state index in [-0.39, 0.29) is 29.3 Å². The Kier molecular flexibility index (Phi) is 3.98. The van der Waals surface area contributed by atoms with Crippen LogP contribution >= 0.6 is 0 Å². The fourth-order valence-corrected chi connectivity index (χ4v) is 4.27. The summed E-state index contributed by atoms with van der Waals surface area (Å²) in [5.74, 6) is -1.33. The van der Waals surface area contributed by atoms with E-state index in [9.17, 15) is 18.3 Å². The van der Waals surface area contributed by atoms with Gasteiger partial charge in [0.1, 0.15) is 0 Å². The maximum Gasteiger partial charge on any atom is 0.337 e. The summed E-state index contributed by atoms with van der Waals surface area (Å²) >= 11 is 0. The van der Waals surface area contributed by atoms with E-state index in [1.165, 1.54) is 12.1 Å². The van der Waals surface area contributed by atoms with E-state index in [1.807, 2.05) is 0 Å². The van der Waals surface area contributed by atoms with Crippen LogP contribution in [-0.2, 0) is 10.0 Å². The van der Waals surface area contributed by atoms with E-state index in [0.29, 0.717) is 12.8 Å². The van der Waals surface area contributed by atoms with Gasteiger partial charge in [-0.2, -0.15) is 4.31 Å². The third-order valence-electron chi connectivity index (χ3n) is 3.36. The Morgan fingerprint density at radius 3 is 2.75 bits per heavy atom. The highest BCUT2D eigenvalue weighted by Gasteiger charge is 2.37. The zero-order valence-electron chi connectivity index (χ0n) is 10.7. The van der Waals surface area contributed by atoms with Gasteiger partial charge < -0.3 is 15.9 Å². The van der Waals surface area contributed by atoms with E-state index in [0.717, 1.165) is 10.4 Å². The second-order valence-corrected chi connectivity index (χ2v) is 6.51. The van der Waals surface area contributed by atoms with Crippen molar-refractivity contribution in [2.75, 3.05) is 18.9 Å². The number of anilines is 1. The minimum absolute atomic E-state index is 0.174. The first kappa shape index (κ1) is 14.8. The molecule has 7 nitrogen and oxygen atoms in total. The summed E-state index contributed by atoms with van der Waals surface area (Å²) in [6.45, 7) is -0.0225. The maximum absolute atomic E-state index is 12.6. The lowest BCUT2D eigenvalue weighted by molar-refractivity contribution is 0.0692. The summed E-state index contributed by atoms with van der Waals surface area (Å²) in [6, 6.07) is 3.15. The highest BCUT2D eigenvalue weighted by molar-refractivity contribution is 7.89. The smallest absolute Gasteiger partial charge is 0.337 e. The number of nitrogens with two attached hydrogens (primary N) is 1. The molecule has 1 aromatic rings. The van der Waals surface area contributed by atoms with E-state index >= 15 is 0 Å². The minimum Gasteiger partial charge on any atom is -0.478 e. The number of aliphatic hydroxyl groups is 1. The van der Waals surface area contributed by atoms with Crippen molar-refractivity contribution in [3.05, 3.63) is 23.8 Å². The van der Waals surface area contributed by atoms with Crippen LogP contribution < -0.4 is 5.73 Å². The number of benzene rings is 1. The monoisotopic (exact) mass is 300 g/mol. The van der Waals surface area contributed by atoms with Crippen LogP contribution in [0.1, 0.15) is 23.2 Å². The zero-order valence-corrected chi connectivity index (χ0v) is 11.5. The predicted octanol–water partition coefficient (Wildman–Crippen LogP) is 0.112. The van der Waals surface area contributed by atoms with Crippen LogP contribution in [0.2, 0.25) is 0 Å². The van der Waals surface area contributed by atoms with Crippen LogP contribution in [0, 0.1) is 0 Å². The second kappa shape index (κ2) is 5.39. The Bertz CT molecular complexity index is 629. The number of hydrogen-bond acceptors (Lipinski definition) is 5. The normalized spacial score (nSPS) is 20.1. The molecule has 110 valence electrons. The van der Waals surface area contributed by atoms with Gasteiger partial charge in [0, 0.05) is 18.3 Å². The van der Waals surface area contributed by atoms with Gasteiger partial charge in [-0.25, -0.2) is 13.2 Å². The van der Waals surface area contributed by atoms with E-state index in [4.69, 9.17) is 10.8 Å². The molecule has 1 aliphatic heterocycles. The highest BCUT2D eigenvalue weighted by atomic mass is 32.2. The zero-order chi connectivity index (χ0) is 14.9. The highest BCUT2D eigenvalue weighted by Crippen LogP contribution is 2.29. The number of rotatable bonds is 4. The molecule has 0 radical (unpaired) electrons. The lowest BCUT2D eigenvalue weighted by Gasteiger charge is -2.23. The van der Waals surface area contributed by atoms with Crippen molar-refractivity contribution < 1.29 is 23.4 Å². The molecule has 20 heavy (non-hydrogen) atoms. The van der Waals surface area contributed by atoms with E-state index in [1.54, 1.807) is 0 Å². The first-order valence-electron chi connectivity index (χ1n) is 6.13.